The van der Waals surface area contributed by atoms with Crippen molar-refractivity contribution < 1.29 is 15.0 Å². The Balaban J connectivity index is 1.39. The first-order valence-corrected chi connectivity index (χ1v) is 13.5. The lowest BCUT2D eigenvalue weighted by Crippen LogP contribution is -2.54. The molecule has 41 heavy (non-hydrogen) atoms. The van der Waals surface area contributed by atoms with Gasteiger partial charge >= 0.3 is 0 Å². The van der Waals surface area contributed by atoms with Gasteiger partial charge in [-0.2, -0.15) is 15.0 Å². The Morgan fingerprint density at radius 3 is 1.88 bits per heavy atom. The van der Waals surface area contributed by atoms with E-state index in [1.165, 1.54) is 24.3 Å². The van der Waals surface area contributed by atoms with E-state index in [2.05, 4.69) is 20.6 Å². The minimum Gasteiger partial charge on any atom is -0.507 e. The topological polar surface area (TPSA) is 231 Å². The first-order chi connectivity index (χ1) is 19.5. The van der Waals surface area contributed by atoms with Crippen LogP contribution >= 0.6 is 0 Å². The third-order valence-corrected chi connectivity index (χ3v) is 7.11. The molecule has 3 heterocycles. The van der Waals surface area contributed by atoms with Gasteiger partial charge in [0.15, 0.2) is 0 Å². The van der Waals surface area contributed by atoms with Gasteiger partial charge in [0, 0.05) is 62.1 Å². The molecule has 4 atom stereocenters. The molecule has 4 unspecified atom stereocenters. The van der Waals surface area contributed by atoms with Crippen molar-refractivity contribution in [1.82, 2.24) is 15.0 Å². The number of anilines is 5. The van der Waals surface area contributed by atoms with Gasteiger partial charge in [-0.05, 0) is 49.6 Å². The number of piperidine rings is 2. The predicted octanol–water partition coefficient (Wildman–Crippen LogP) is 0.317. The van der Waals surface area contributed by atoms with Crippen molar-refractivity contribution in [3.8, 4) is 11.5 Å². The van der Waals surface area contributed by atoms with Crippen LogP contribution in [0.4, 0.5) is 29.2 Å². The van der Waals surface area contributed by atoms with Gasteiger partial charge in [-0.25, -0.2) is 0 Å². The van der Waals surface area contributed by atoms with Crippen molar-refractivity contribution in [2.75, 3.05) is 46.6 Å². The molecule has 14 heteroatoms. The van der Waals surface area contributed by atoms with Crippen LogP contribution in [0.15, 0.2) is 36.4 Å². The summed E-state index contributed by atoms with van der Waals surface area (Å²) in [6.07, 6.45) is 1.42. The molecule has 1 amide bonds. The highest BCUT2D eigenvalue weighted by molar-refractivity contribution is 6.07. The Labute approximate surface area is 237 Å². The summed E-state index contributed by atoms with van der Waals surface area (Å²) in [5.41, 5.74) is 26.5. The van der Waals surface area contributed by atoms with E-state index >= 15 is 0 Å². The molecule has 2 aliphatic rings. The molecule has 2 aromatic carbocycles. The number of amides is 1. The van der Waals surface area contributed by atoms with Gasteiger partial charge in [0.05, 0.1) is 11.3 Å². The average molecular weight is 564 g/mol. The molecule has 0 spiro atoms. The molecule has 1 aromatic heterocycles. The van der Waals surface area contributed by atoms with Crippen LogP contribution in [0.25, 0.3) is 0 Å². The second-order valence-corrected chi connectivity index (χ2v) is 10.9. The van der Waals surface area contributed by atoms with Crippen LogP contribution in [-0.2, 0) is 0 Å². The SMILES string of the molecule is Cc1ccc(C(=O)Nc2ccc(Nc3nc(N4CC(N)CC(N)C4)nc(N4CC(N)CC(N)C4)n3)cc2O)c(O)c1. The molecule has 5 rings (SSSR count). The molecule has 0 saturated carbocycles. The molecule has 0 radical (unpaired) electrons. The smallest absolute Gasteiger partial charge is 0.259 e. The van der Waals surface area contributed by atoms with Crippen molar-refractivity contribution in [3.05, 3.63) is 47.5 Å². The van der Waals surface area contributed by atoms with Crippen molar-refractivity contribution in [2.24, 2.45) is 22.9 Å². The van der Waals surface area contributed by atoms with E-state index in [0.29, 0.717) is 56.6 Å². The van der Waals surface area contributed by atoms with Gasteiger partial charge in [-0.3, -0.25) is 4.79 Å². The summed E-state index contributed by atoms with van der Waals surface area (Å²) in [4.78, 5) is 30.5. The highest BCUT2D eigenvalue weighted by atomic mass is 16.3. The van der Waals surface area contributed by atoms with Crippen molar-refractivity contribution in [3.63, 3.8) is 0 Å². The van der Waals surface area contributed by atoms with Crippen molar-refractivity contribution >= 4 is 35.1 Å². The second kappa shape index (κ2) is 11.7. The molecule has 2 saturated heterocycles. The Morgan fingerprint density at radius 2 is 1.37 bits per heavy atom. The average Bonchev–Trinajstić information content (AvgIpc) is 2.89. The number of aromatic hydroxyl groups is 2. The number of phenolic OH excluding ortho intramolecular Hbond substituents is 2. The molecular weight excluding hydrogens is 526 g/mol. The second-order valence-electron chi connectivity index (χ2n) is 10.9. The van der Waals surface area contributed by atoms with Crippen molar-refractivity contribution in [2.45, 2.75) is 43.9 Å². The van der Waals surface area contributed by atoms with Gasteiger partial charge < -0.3 is 53.6 Å². The zero-order chi connectivity index (χ0) is 29.3. The summed E-state index contributed by atoms with van der Waals surface area (Å²) in [6.45, 7) is 3.98. The van der Waals surface area contributed by atoms with E-state index in [4.69, 9.17) is 27.9 Å². The Kier molecular flexibility index (Phi) is 8.08. The van der Waals surface area contributed by atoms with Gasteiger partial charge in [-0.15, -0.1) is 0 Å². The standard InChI is InChI=1S/C27H37N11O3/c1-14-2-4-20(22(39)6-14)24(41)33-21-5-3-19(9-23(21)40)32-25-34-26(37-10-15(28)7-16(29)11-37)36-27(35-25)38-12-17(30)8-18(31)13-38/h2-6,9,15-18,39-40H,7-8,10-13,28-31H2,1H3,(H,33,41)(H,32,34,35,36). The van der Waals surface area contributed by atoms with Crippen LogP contribution in [0.5, 0.6) is 11.5 Å². The third kappa shape index (κ3) is 6.74. The fourth-order valence-electron chi connectivity index (χ4n) is 5.24. The van der Waals surface area contributed by atoms with Crippen LogP contribution < -0.4 is 43.4 Å². The highest BCUT2D eigenvalue weighted by Crippen LogP contribution is 2.30. The number of rotatable bonds is 6. The summed E-state index contributed by atoms with van der Waals surface area (Å²) in [6, 6.07) is 8.90. The predicted molar refractivity (Wildman–Crippen MR) is 158 cm³/mol. The first kappa shape index (κ1) is 28.3. The van der Waals surface area contributed by atoms with Crippen LogP contribution in [0.2, 0.25) is 0 Å². The van der Waals surface area contributed by atoms with Crippen LogP contribution in [0.3, 0.4) is 0 Å². The molecule has 14 nitrogen and oxygen atoms in total. The lowest BCUT2D eigenvalue weighted by atomic mass is 10.0. The third-order valence-electron chi connectivity index (χ3n) is 7.11. The lowest BCUT2D eigenvalue weighted by molar-refractivity contribution is 0.102. The maximum Gasteiger partial charge on any atom is 0.259 e. The number of nitrogens with two attached hydrogens (primary N) is 4. The number of carbonyl (C=O) groups is 1. The molecule has 0 aliphatic carbocycles. The normalized spacial score (nSPS) is 22.9. The fourth-order valence-corrected chi connectivity index (χ4v) is 5.24. The molecular formula is C27H37N11O3. The summed E-state index contributed by atoms with van der Waals surface area (Å²) in [7, 11) is 0. The molecule has 2 aliphatic heterocycles. The number of aromatic nitrogens is 3. The minimum absolute atomic E-state index is 0.0942. The fraction of sp³-hybridized carbons (Fsp3) is 0.407. The van der Waals surface area contributed by atoms with Crippen LogP contribution in [-0.4, -0.2) is 81.4 Å². The van der Waals surface area contributed by atoms with E-state index in [-0.39, 0.29) is 52.9 Å². The van der Waals surface area contributed by atoms with Crippen LogP contribution in [0.1, 0.15) is 28.8 Å². The van der Waals surface area contributed by atoms with Gasteiger partial charge in [0.25, 0.3) is 5.91 Å². The molecule has 3 aromatic rings. The largest absolute Gasteiger partial charge is 0.507 e. The van der Waals surface area contributed by atoms with Gasteiger partial charge in [0.1, 0.15) is 11.5 Å². The Morgan fingerprint density at radius 1 is 0.805 bits per heavy atom. The van der Waals surface area contributed by atoms with E-state index in [0.717, 1.165) is 5.56 Å². The highest BCUT2D eigenvalue weighted by Gasteiger charge is 2.29. The molecule has 2 fully saturated rings. The first-order valence-electron chi connectivity index (χ1n) is 13.5. The Hall–Kier alpha value is -4.24. The maximum atomic E-state index is 12.7. The summed E-state index contributed by atoms with van der Waals surface area (Å²) in [5.74, 6) is 0.189. The van der Waals surface area contributed by atoms with Crippen molar-refractivity contribution in [1.29, 1.82) is 0 Å². The van der Waals surface area contributed by atoms with Gasteiger partial charge in [0.2, 0.25) is 17.8 Å². The number of hydrogen-bond acceptors (Lipinski definition) is 13. The number of aryl methyl sites for hydroxylation is 1. The van der Waals surface area contributed by atoms with Gasteiger partial charge in [-0.1, -0.05) is 6.07 Å². The zero-order valence-corrected chi connectivity index (χ0v) is 22.9. The molecule has 218 valence electrons. The number of carbonyl (C=O) groups excluding carboxylic acids is 1. The number of nitrogens with one attached hydrogen (secondary N) is 2. The lowest BCUT2D eigenvalue weighted by Gasteiger charge is -2.37. The number of benzene rings is 2. The van der Waals surface area contributed by atoms with E-state index < -0.39 is 5.91 Å². The van der Waals surface area contributed by atoms with E-state index in [1.807, 2.05) is 16.7 Å². The maximum absolute atomic E-state index is 12.7. The summed E-state index contributed by atoms with van der Waals surface area (Å²) >= 11 is 0. The molecule has 12 N–H and O–H groups in total. The quantitative estimate of drug-likeness (QED) is 0.189. The monoisotopic (exact) mass is 563 g/mol. The molecule has 0 bridgehead atoms. The zero-order valence-electron chi connectivity index (χ0n) is 22.9. The summed E-state index contributed by atoms with van der Waals surface area (Å²) in [5, 5.41) is 26.5. The minimum atomic E-state index is -0.554. The number of hydrogen-bond donors (Lipinski definition) is 8. The van der Waals surface area contributed by atoms with Crippen LogP contribution in [0, 0.1) is 6.92 Å². The number of phenols is 2. The summed E-state index contributed by atoms with van der Waals surface area (Å²) < 4.78 is 0. The van der Waals surface area contributed by atoms with E-state index in [9.17, 15) is 15.0 Å². The Bertz CT molecular complexity index is 1360. The number of nitrogens with zero attached hydrogens (tertiary/aromatic N) is 5. The van der Waals surface area contributed by atoms with E-state index in [1.54, 1.807) is 12.1 Å².